The third-order valence-corrected chi connectivity index (χ3v) is 19.3. The van der Waals surface area contributed by atoms with Gasteiger partial charge in [-0.2, -0.15) is 0 Å². The van der Waals surface area contributed by atoms with E-state index < -0.39 is 0 Å². The zero-order valence-corrected chi connectivity index (χ0v) is 52.6. The molecular formula is C83H81N5. The third kappa shape index (κ3) is 10.8. The predicted molar refractivity (Wildman–Crippen MR) is 370 cm³/mol. The molecular weight excluding hydrogens is 1070 g/mol. The Morgan fingerprint density at radius 3 is 1.07 bits per heavy atom. The molecule has 10 aromatic rings. The average molecular weight is 1150 g/mol. The average Bonchev–Trinajstić information content (AvgIpc) is 1.94. The Labute approximate surface area is 523 Å². The van der Waals surface area contributed by atoms with E-state index in [1.54, 1.807) is 0 Å². The van der Waals surface area contributed by atoms with Crippen LogP contribution in [0.25, 0.3) is 55.8 Å². The minimum absolute atomic E-state index is 0.0583. The summed E-state index contributed by atoms with van der Waals surface area (Å²) in [5.41, 5.74) is 28.4. The second-order valence-electron chi connectivity index (χ2n) is 27.8. The summed E-state index contributed by atoms with van der Waals surface area (Å²) in [6.45, 7) is 21.1. The first-order valence-electron chi connectivity index (χ1n) is 31.9. The van der Waals surface area contributed by atoms with Crippen LogP contribution in [-0.4, -0.2) is 18.3 Å². The first-order chi connectivity index (χ1) is 42.5. The molecule has 0 atom stereocenters. The number of pyridine rings is 1. The van der Waals surface area contributed by atoms with Gasteiger partial charge in [0, 0.05) is 79.0 Å². The zero-order chi connectivity index (χ0) is 60.4. The van der Waals surface area contributed by atoms with Crippen LogP contribution in [-0.2, 0) is 25.7 Å². The molecule has 2 aliphatic carbocycles. The van der Waals surface area contributed by atoms with Gasteiger partial charge in [-0.05, 0) is 166 Å². The number of hydrogen-bond acceptors (Lipinski definition) is 5. The molecule has 9 aromatic carbocycles. The van der Waals surface area contributed by atoms with E-state index in [2.05, 4.69) is 318 Å². The van der Waals surface area contributed by atoms with Crippen LogP contribution in [0.1, 0.15) is 90.5 Å². The van der Waals surface area contributed by atoms with Crippen LogP contribution in [0.2, 0.25) is 0 Å². The summed E-state index contributed by atoms with van der Waals surface area (Å²) in [6.07, 6.45) is 7.97. The number of aryl methyl sites for hydroxylation is 4. The smallest absolute Gasteiger partial charge is 0.0995 e. The van der Waals surface area contributed by atoms with Crippen molar-refractivity contribution in [1.29, 1.82) is 0 Å². The standard InChI is InChI=1S/C83H81N5/c1-80(2)54-82(5,6)78-76(80)85(69-22-14-10-15-23-69)56-87(78)71-44-32-58(33-45-71)28-30-60-50-61(31-29-59-34-46-72(47-35-59)88-57-86(70-24-16-11-17-25-70)77-79(88)83(7,8)55-81(77,3)4)52-68(51-60)74-27-19-18-26-73(74)65-40-42-66(43-41-65)75-53-67(48-49-84-75)64-38-36-63(37-39-64)62-20-12-9-13-21-62/h9-27,32-53H,28-31,54-57H2,1-8H3. The van der Waals surface area contributed by atoms with Gasteiger partial charge in [0.2, 0.25) is 0 Å². The number of benzene rings is 9. The number of hydrogen-bond donors (Lipinski definition) is 0. The second-order valence-corrected chi connectivity index (χ2v) is 27.8. The van der Waals surface area contributed by atoms with Gasteiger partial charge in [-0.15, -0.1) is 0 Å². The zero-order valence-electron chi connectivity index (χ0n) is 52.6. The van der Waals surface area contributed by atoms with Crippen molar-refractivity contribution in [2.24, 2.45) is 21.7 Å². The van der Waals surface area contributed by atoms with Crippen LogP contribution >= 0.6 is 0 Å². The van der Waals surface area contributed by atoms with Crippen molar-refractivity contribution in [1.82, 2.24) is 4.98 Å². The fourth-order valence-electron chi connectivity index (χ4n) is 16.0. The van der Waals surface area contributed by atoms with Crippen LogP contribution in [0.3, 0.4) is 0 Å². The number of allylic oxidation sites excluding steroid dienone is 4. The fourth-order valence-corrected chi connectivity index (χ4v) is 16.0. The lowest BCUT2D eigenvalue weighted by Crippen LogP contribution is -2.36. The van der Waals surface area contributed by atoms with E-state index in [0.717, 1.165) is 68.7 Å². The summed E-state index contributed by atoms with van der Waals surface area (Å²) < 4.78 is 0. The molecule has 0 N–H and O–H groups in total. The molecule has 3 heterocycles. The van der Waals surface area contributed by atoms with Crippen molar-refractivity contribution in [3.8, 4) is 55.8 Å². The maximum absolute atomic E-state index is 4.87. The molecule has 0 spiro atoms. The summed E-state index contributed by atoms with van der Waals surface area (Å²) in [7, 11) is 0. The normalized spacial score (nSPS) is 17.0. The van der Waals surface area contributed by atoms with Crippen LogP contribution < -0.4 is 19.6 Å². The first-order valence-corrected chi connectivity index (χ1v) is 31.9. The number of nitrogens with zero attached hydrogens (tertiary/aromatic N) is 5. The van der Waals surface area contributed by atoms with Gasteiger partial charge >= 0.3 is 0 Å². The number of rotatable bonds is 15. The van der Waals surface area contributed by atoms with E-state index in [4.69, 9.17) is 4.98 Å². The lowest BCUT2D eigenvalue weighted by molar-refractivity contribution is 0.304. The van der Waals surface area contributed by atoms with E-state index in [-0.39, 0.29) is 21.7 Å². The Morgan fingerprint density at radius 2 is 0.625 bits per heavy atom. The molecule has 4 aliphatic rings. The molecule has 0 unspecified atom stereocenters. The van der Waals surface area contributed by atoms with Gasteiger partial charge in [-0.1, -0.05) is 237 Å². The molecule has 0 fully saturated rings. The van der Waals surface area contributed by atoms with Crippen molar-refractivity contribution < 1.29 is 0 Å². The van der Waals surface area contributed by atoms with Gasteiger partial charge in [0.25, 0.3) is 0 Å². The highest BCUT2D eigenvalue weighted by molar-refractivity contribution is 5.85. The van der Waals surface area contributed by atoms with Crippen molar-refractivity contribution in [2.75, 3.05) is 32.9 Å². The molecule has 2 aliphatic heterocycles. The Morgan fingerprint density at radius 1 is 0.284 bits per heavy atom. The molecule has 14 rings (SSSR count). The molecule has 0 radical (unpaired) electrons. The molecule has 1 aromatic heterocycles. The van der Waals surface area contributed by atoms with Crippen LogP contribution in [0.15, 0.2) is 272 Å². The number of aromatic nitrogens is 1. The Balaban J connectivity index is 0.740. The lowest BCUT2D eigenvalue weighted by Gasteiger charge is -2.36. The van der Waals surface area contributed by atoms with E-state index in [1.165, 1.54) is 107 Å². The summed E-state index contributed by atoms with van der Waals surface area (Å²) >= 11 is 0. The minimum Gasteiger partial charge on any atom is -0.324 e. The van der Waals surface area contributed by atoms with E-state index in [1.807, 2.05) is 6.20 Å². The molecule has 0 saturated heterocycles. The first kappa shape index (κ1) is 56.6. The molecule has 0 bridgehead atoms. The van der Waals surface area contributed by atoms with Crippen molar-refractivity contribution in [3.63, 3.8) is 0 Å². The van der Waals surface area contributed by atoms with E-state index in [0.29, 0.717) is 0 Å². The maximum Gasteiger partial charge on any atom is 0.0995 e. The van der Waals surface area contributed by atoms with Crippen molar-refractivity contribution in [2.45, 2.75) is 93.9 Å². The topological polar surface area (TPSA) is 25.9 Å². The second kappa shape index (κ2) is 22.5. The van der Waals surface area contributed by atoms with Gasteiger partial charge in [-0.3, -0.25) is 4.98 Å². The highest BCUT2D eigenvalue weighted by Gasteiger charge is 2.54. The van der Waals surface area contributed by atoms with Gasteiger partial charge in [-0.25, -0.2) is 0 Å². The summed E-state index contributed by atoms with van der Waals surface area (Å²) in [4.78, 5) is 15.2. The minimum atomic E-state index is 0.0583. The molecule has 0 amide bonds. The number of para-hydroxylation sites is 2. The molecule has 88 heavy (non-hydrogen) atoms. The Kier molecular flexibility index (Phi) is 14.5. The molecule has 438 valence electrons. The molecule has 5 heteroatoms. The van der Waals surface area contributed by atoms with Crippen LogP contribution in [0.4, 0.5) is 22.7 Å². The summed E-state index contributed by atoms with van der Waals surface area (Å²) in [5.74, 6) is 0. The van der Waals surface area contributed by atoms with Crippen LogP contribution in [0.5, 0.6) is 0 Å². The van der Waals surface area contributed by atoms with E-state index >= 15 is 0 Å². The summed E-state index contributed by atoms with van der Waals surface area (Å²) in [5, 5.41) is 0. The quantitative estimate of drug-likeness (QED) is 0.102. The van der Waals surface area contributed by atoms with Gasteiger partial charge in [0.15, 0.2) is 0 Å². The number of anilines is 4. The van der Waals surface area contributed by atoms with E-state index in [9.17, 15) is 0 Å². The van der Waals surface area contributed by atoms with Gasteiger partial charge in [0.1, 0.15) is 0 Å². The van der Waals surface area contributed by atoms with Gasteiger partial charge < -0.3 is 19.6 Å². The summed E-state index contributed by atoms with van der Waals surface area (Å²) in [6, 6.07) is 90.1. The Hall–Kier alpha value is -9.19. The molecule has 0 saturated carbocycles. The Bertz CT molecular complexity index is 4060. The SMILES string of the molecule is CC1(C)CC(C)(C)C2=C1N(c1ccccc1)CN2c1ccc(CCc2cc(CCc3ccc(N4CN(c5ccccc5)C5=C4C(C)(C)CC5(C)C)cc3)cc(-c3ccccc3-c3ccc(-c4cc(-c5ccc(-c6ccccc6)cc5)ccn4)cc3)c2)cc1. The third-order valence-electron chi connectivity index (χ3n) is 19.3. The highest BCUT2D eigenvalue weighted by atomic mass is 15.4. The maximum atomic E-state index is 4.87. The monoisotopic (exact) mass is 1150 g/mol. The van der Waals surface area contributed by atoms with Gasteiger partial charge in [0.05, 0.1) is 19.0 Å². The van der Waals surface area contributed by atoms with Crippen molar-refractivity contribution in [3.05, 3.63) is 294 Å². The lowest BCUT2D eigenvalue weighted by atomic mass is 9.80. The fraction of sp³-hybridized carbons (Fsp3) is 0.241. The highest BCUT2D eigenvalue weighted by Crippen LogP contribution is 2.60. The largest absolute Gasteiger partial charge is 0.324 e. The van der Waals surface area contributed by atoms with Crippen LogP contribution in [0, 0.1) is 21.7 Å². The molecule has 5 nitrogen and oxygen atoms in total. The van der Waals surface area contributed by atoms with Crippen molar-refractivity contribution >= 4 is 22.7 Å². The predicted octanol–water partition coefficient (Wildman–Crippen LogP) is 20.9.